The highest BCUT2D eigenvalue weighted by molar-refractivity contribution is 5.94. The Morgan fingerprint density at radius 3 is 2.76 bits per heavy atom. The summed E-state index contributed by atoms with van der Waals surface area (Å²) in [6, 6.07) is 8.62. The minimum absolute atomic E-state index is 0.0228. The van der Waals surface area contributed by atoms with Gasteiger partial charge in [0.15, 0.2) is 0 Å². The first-order valence-electron chi connectivity index (χ1n) is 9.01. The van der Waals surface area contributed by atoms with Gasteiger partial charge < -0.3 is 24.8 Å². The molecule has 1 aromatic carbocycles. The molecule has 0 spiro atoms. The molecule has 0 unspecified atom stereocenters. The highest BCUT2D eigenvalue weighted by Crippen LogP contribution is 2.26. The van der Waals surface area contributed by atoms with Gasteiger partial charge in [0.1, 0.15) is 23.8 Å². The van der Waals surface area contributed by atoms with Crippen LogP contribution in [0.4, 0.5) is 4.39 Å². The molecule has 8 nitrogen and oxygen atoms in total. The Morgan fingerprint density at radius 2 is 2.07 bits per heavy atom. The number of primary amides is 1. The third kappa shape index (κ3) is 5.20. The van der Waals surface area contributed by atoms with Crippen molar-refractivity contribution in [2.24, 2.45) is 5.73 Å². The Hall–Kier alpha value is -3.20. The van der Waals surface area contributed by atoms with Gasteiger partial charge in [0.25, 0.3) is 5.91 Å². The van der Waals surface area contributed by atoms with Crippen molar-refractivity contribution in [2.45, 2.75) is 12.0 Å². The van der Waals surface area contributed by atoms with Crippen LogP contribution in [0.2, 0.25) is 0 Å². The molecule has 1 saturated heterocycles. The predicted molar refractivity (Wildman–Crippen MR) is 101 cm³/mol. The van der Waals surface area contributed by atoms with Crippen LogP contribution < -0.4 is 15.2 Å². The van der Waals surface area contributed by atoms with E-state index in [-0.39, 0.29) is 37.9 Å². The fourth-order valence-corrected chi connectivity index (χ4v) is 3.16. The zero-order valence-electron chi connectivity index (χ0n) is 16.0. The normalized spacial score (nSPS) is 18.9. The fourth-order valence-electron chi connectivity index (χ4n) is 3.16. The largest absolute Gasteiger partial charge is 0.490 e. The molecule has 0 aliphatic carbocycles. The van der Waals surface area contributed by atoms with E-state index in [0.717, 1.165) is 0 Å². The molecule has 0 radical (unpaired) electrons. The van der Waals surface area contributed by atoms with E-state index in [4.69, 9.17) is 19.9 Å². The Balaban J connectivity index is 1.76. The molecule has 0 bridgehead atoms. The smallest absolute Gasteiger partial charge is 0.254 e. The van der Waals surface area contributed by atoms with Crippen molar-refractivity contribution in [1.82, 2.24) is 9.88 Å². The lowest BCUT2D eigenvalue weighted by Crippen LogP contribution is -2.58. The molecule has 2 aromatic rings. The van der Waals surface area contributed by atoms with E-state index in [1.807, 2.05) is 0 Å². The zero-order chi connectivity index (χ0) is 20.9. The summed E-state index contributed by atoms with van der Waals surface area (Å²) in [5.41, 5.74) is 4.72. The third-order valence-corrected chi connectivity index (χ3v) is 4.54. The van der Waals surface area contributed by atoms with Gasteiger partial charge in [-0.25, -0.2) is 9.37 Å². The molecule has 1 aliphatic heterocycles. The minimum atomic E-state index is -1.11. The summed E-state index contributed by atoms with van der Waals surface area (Å²) < 4.78 is 29.7. The number of hydrogen-bond donors (Lipinski definition) is 1. The van der Waals surface area contributed by atoms with Gasteiger partial charge in [0.05, 0.1) is 26.7 Å². The molecule has 1 atom stereocenters. The van der Waals surface area contributed by atoms with Gasteiger partial charge in [0.2, 0.25) is 11.8 Å². The Bertz CT molecular complexity index is 877. The van der Waals surface area contributed by atoms with Gasteiger partial charge >= 0.3 is 0 Å². The topological polar surface area (TPSA) is 104 Å². The molecule has 9 heteroatoms. The first-order valence-corrected chi connectivity index (χ1v) is 9.01. The van der Waals surface area contributed by atoms with Crippen LogP contribution in [0.1, 0.15) is 16.8 Å². The number of morpholine rings is 1. The van der Waals surface area contributed by atoms with Crippen LogP contribution in [0, 0.1) is 5.82 Å². The summed E-state index contributed by atoms with van der Waals surface area (Å²) in [6.07, 6.45) is 1.36. The van der Waals surface area contributed by atoms with Crippen LogP contribution in [-0.4, -0.2) is 60.7 Å². The van der Waals surface area contributed by atoms with Crippen LogP contribution in [0.25, 0.3) is 0 Å². The van der Waals surface area contributed by atoms with Crippen molar-refractivity contribution in [3.8, 4) is 11.6 Å². The Kier molecular flexibility index (Phi) is 6.28. The summed E-state index contributed by atoms with van der Waals surface area (Å²) in [6.45, 7) is 0.653. The van der Waals surface area contributed by atoms with E-state index in [9.17, 15) is 14.0 Å². The number of hydrogen-bond acceptors (Lipinski definition) is 6. The first-order chi connectivity index (χ1) is 13.9. The maximum absolute atomic E-state index is 13.1. The van der Waals surface area contributed by atoms with Gasteiger partial charge in [-0.15, -0.1) is 0 Å². The van der Waals surface area contributed by atoms with Gasteiger partial charge in [-0.3, -0.25) is 9.59 Å². The zero-order valence-corrected chi connectivity index (χ0v) is 16.0. The second kappa shape index (κ2) is 8.87. The monoisotopic (exact) mass is 403 g/mol. The molecule has 2 N–H and O–H groups in total. The first kappa shape index (κ1) is 20.5. The summed E-state index contributed by atoms with van der Waals surface area (Å²) in [4.78, 5) is 30.2. The molecule has 2 amide bonds. The quantitative estimate of drug-likeness (QED) is 0.749. The molecule has 2 heterocycles. The molecule has 1 aromatic heterocycles. The number of methoxy groups -OCH3 is 1. The molecule has 3 rings (SSSR count). The number of halogens is 1. The van der Waals surface area contributed by atoms with Crippen molar-refractivity contribution in [1.29, 1.82) is 0 Å². The molecular formula is C20H22FN3O5. The average molecular weight is 403 g/mol. The molecular weight excluding hydrogens is 381 g/mol. The maximum atomic E-state index is 13.1. The summed E-state index contributed by atoms with van der Waals surface area (Å²) >= 11 is 0. The number of pyridine rings is 1. The Morgan fingerprint density at radius 1 is 1.31 bits per heavy atom. The summed E-state index contributed by atoms with van der Waals surface area (Å²) in [7, 11) is 1.47. The number of carbonyl (C=O) groups excluding carboxylic acids is 2. The van der Waals surface area contributed by atoms with Gasteiger partial charge in [-0.2, -0.15) is 0 Å². The van der Waals surface area contributed by atoms with Crippen LogP contribution in [0.15, 0.2) is 42.6 Å². The van der Waals surface area contributed by atoms with Crippen LogP contribution in [-0.2, 0) is 9.53 Å². The molecule has 29 heavy (non-hydrogen) atoms. The number of aromatic nitrogens is 1. The van der Waals surface area contributed by atoms with Crippen molar-refractivity contribution in [3.05, 3.63) is 54.0 Å². The van der Waals surface area contributed by atoms with Crippen molar-refractivity contribution in [2.75, 3.05) is 33.4 Å². The number of ether oxygens (including phenoxy) is 3. The highest BCUT2D eigenvalue weighted by Gasteiger charge is 2.41. The van der Waals surface area contributed by atoms with E-state index in [0.29, 0.717) is 23.7 Å². The van der Waals surface area contributed by atoms with E-state index in [1.54, 1.807) is 17.0 Å². The van der Waals surface area contributed by atoms with Crippen molar-refractivity contribution < 1.29 is 28.2 Å². The summed E-state index contributed by atoms with van der Waals surface area (Å²) in [5, 5.41) is 0. The van der Waals surface area contributed by atoms with E-state index in [1.165, 1.54) is 37.6 Å². The highest BCUT2D eigenvalue weighted by atomic mass is 19.1. The SMILES string of the molecule is COc1cc(C(=O)N2CCO[C@](COc3ccc(F)cc3)(CC(N)=O)C2)ccn1. The number of nitrogens with zero attached hydrogens (tertiary/aromatic N) is 2. The lowest BCUT2D eigenvalue weighted by atomic mass is 9.97. The van der Waals surface area contributed by atoms with E-state index in [2.05, 4.69) is 4.98 Å². The summed E-state index contributed by atoms with van der Waals surface area (Å²) in [5.74, 6) is -0.465. The van der Waals surface area contributed by atoms with Crippen molar-refractivity contribution in [3.63, 3.8) is 0 Å². The van der Waals surface area contributed by atoms with Crippen LogP contribution in [0.5, 0.6) is 11.6 Å². The van der Waals surface area contributed by atoms with Gasteiger partial charge in [0, 0.05) is 24.4 Å². The number of amides is 2. The van der Waals surface area contributed by atoms with Gasteiger partial charge in [-0.1, -0.05) is 0 Å². The second-order valence-electron chi connectivity index (χ2n) is 6.73. The predicted octanol–water partition coefficient (Wildman–Crippen LogP) is 1.39. The number of nitrogens with two attached hydrogens (primary N) is 1. The average Bonchev–Trinajstić information content (AvgIpc) is 2.72. The van der Waals surface area contributed by atoms with E-state index >= 15 is 0 Å². The number of benzene rings is 1. The lowest BCUT2D eigenvalue weighted by Gasteiger charge is -2.42. The third-order valence-electron chi connectivity index (χ3n) is 4.54. The Labute approximate surface area is 167 Å². The molecule has 0 saturated carbocycles. The lowest BCUT2D eigenvalue weighted by molar-refractivity contribution is -0.142. The van der Waals surface area contributed by atoms with Gasteiger partial charge in [-0.05, 0) is 30.3 Å². The van der Waals surface area contributed by atoms with E-state index < -0.39 is 11.5 Å². The standard InChI is InChI=1S/C20H22FN3O5/c1-27-18-10-14(6-7-23-18)19(26)24-8-9-29-20(12-24,11-17(22)25)13-28-16-4-2-15(21)3-5-16/h2-7,10H,8-9,11-13H2,1H3,(H2,22,25)/t20-/m1/s1. The second-order valence-corrected chi connectivity index (χ2v) is 6.73. The molecule has 154 valence electrons. The van der Waals surface area contributed by atoms with Crippen LogP contribution in [0.3, 0.4) is 0 Å². The fraction of sp³-hybridized carbons (Fsp3) is 0.350. The minimum Gasteiger partial charge on any atom is -0.490 e. The van der Waals surface area contributed by atoms with Crippen LogP contribution >= 0.6 is 0 Å². The van der Waals surface area contributed by atoms with Crippen molar-refractivity contribution >= 4 is 11.8 Å². The molecule has 1 aliphatic rings. The molecule has 1 fully saturated rings. The number of rotatable bonds is 7. The number of carbonyl (C=O) groups is 2. The maximum Gasteiger partial charge on any atom is 0.254 e.